The maximum absolute atomic E-state index is 12.9. The topological polar surface area (TPSA) is 102 Å². The Balaban J connectivity index is 2.00. The molecule has 3 rings (SSSR count). The molecule has 10 heteroatoms. The molecule has 9 nitrogen and oxygen atoms in total. The summed E-state index contributed by atoms with van der Waals surface area (Å²) < 4.78 is 42.3. The molecule has 3 aromatic carbocycles. The van der Waals surface area contributed by atoms with Crippen LogP contribution in [0.15, 0.2) is 72.8 Å². The molecular weight excluding hydrogens is 544 g/mol. The number of hydrogen-bond donors (Lipinski definition) is 0. The van der Waals surface area contributed by atoms with Gasteiger partial charge in [-0.2, -0.15) is 0 Å². The maximum atomic E-state index is 12.9. The predicted octanol–water partition coefficient (Wildman–Crippen LogP) is 5.74. The number of methoxy groups -OCH3 is 1. The quantitative estimate of drug-likeness (QED) is 0.251. The van der Waals surface area contributed by atoms with Crippen molar-refractivity contribution in [2.75, 3.05) is 31.3 Å². The minimum Gasteiger partial charge on any atom is -0.466 e. The van der Waals surface area contributed by atoms with Crippen molar-refractivity contribution in [3.63, 3.8) is 0 Å². The van der Waals surface area contributed by atoms with Crippen LogP contribution in [0.1, 0.15) is 43.4 Å². The molecule has 41 heavy (non-hydrogen) atoms. The first kappa shape index (κ1) is 31.5. The van der Waals surface area contributed by atoms with Crippen LogP contribution >= 0.6 is 0 Å². The zero-order valence-electron chi connectivity index (χ0n) is 24.4. The fraction of sp³-hybridized carbons (Fsp3) is 0.355. The van der Waals surface area contributed by atoms with E-state index < -0.39 is 22.0 Å². The zero-order chi connectivity index (χ0) is 30.2. The lowest BCUT2D eigenvalue weighted by Gasteiger charge is -2.29. The highest BCUT2D eigenvalue weighted by Gasteiger charge is 2.25. The van der Waals surface area contributed by atoms with E-state index in [-0.39, 0.29) is 25.2 Å². The van der Waals surface area contributed by atoms with Crippen LogP contribution in [0, 0.1) is 0 Å². The fourth-order valence-electron chi connectivity index (χ4n) is 4.32. The molecule has 0 N–H and O–H groups in total. The molecule has 0 saturated carbocycles. The number of carbonyl (C=O) groups is 2. The van der Waals surface area contributed by atoms with E-state index in [4.69, 9.17) is 14.2 Å². The molecule has 0 aromatic heterocycles. The van der Waals surface area contributed by atoms with Crippen molar-refractivity contribution < 1.29 is 32.2 Å². The molecule has 220 valence electrons. The lowest BCUT2D eigenvalue weighted by molar-refractivity contribution is -0.144. The number of carbonyl (C=O) groups excluding carboxylic acids is 2. The van der Waals surface area contributed by atoms with E-state index in [2.05, 4.69) is 0 Å². The molecule has 0 saturated heterocycles. The van der Waals surface area contributed by atoms with Crippen molar-refractivity contribution in [1.29, 1.82) is 0 Å². The van der Waals surface area contributed by atoms with Crippen LogP contribution in [-0.4, -0.2) is 58.4 Å². The summed E-state index contributed by atoms with van der Waals surface area (Å²) in [4.78, 5) is 26.8. The van der Waals surface area contributed by atoms with Gasteiger partial charge in [0.25, 0.3) is 0 Å². The normalized spacial score (nSPS) is 12.6. The average molecular weight is 583 g/mol. The van der Waals surface area contributed by atoms with Crippen LogP contribution in [0.2, 0.25) is 0 Å². The van der Waals surface area contributed by atoms with E-state index in [0.29, 0.717) is 29.2 Å². The summed E-state index contributed by atoms with van der Waals surface area (Å²) in [6.07, 6.45) is 1.19. The Kier molecular flexibility index (Phi) is 10.8. The molecule has 3 aromatic rings. The van der Waals surface area contributed by atoms with E-state index in [9.17, 15) is 18.0 Å². The van der Waals surface area contributed by atoms with Gasteiger partial charge in [0.1, 0.15) is 11.5 Å². The first-order valence-corrected chi connectivity index (χ1v) is 15.2. The molecule has 0 spiro atoms. The Labute approximate surface area is 242 Å². The zero-order valence-corrected chi connectivity index (χ0v) is 25.2. The molecule has 2 atom stereocenters. The molecule has 0 fully saturated rings. The van der Waals surface area contributed by atoms with E-state index in [1.807, 2.05) is 43.3 Å². The summed E-state index contributed by atoms with van der Waals surface area (Å²) >= 11 is 0. The third-order valence-electron chi connectivity index (χ3n) is 6.79. The lowest BCUT2D eigenvalue weighted by Crippen LogP contribution is -2.39. The fourth-order valence-corrected chi connectivity index (χ4v) is 4.82. The van der Waals surface area contributed by atoms with Gasteiger partial charge in [-0.25, -0.2) is 13.2 Å². The largest absolute Gasteiger partial charge is 0.466 e. The number of rotatable bonds is 12. The Morgan fingerprint density at radius 3 is 2.29 bits per heavy atom. The van der Waals surface area contributed by atoms with Crippen LogP contribution in [0.5, 0.6) is 11.5 Å². The number of hydrogen-bond acceptors (Lipinski definition) is 7. The number of sulfonamides is 1. The molecule has 2 unspecified atom stereocenters. The number of amides is 1. The monoisotopic (exact) mass is 582 g/mol. The van der Waals surface area contributed by atoms with Crippen molar-refractivity contribution in [3.05, 3.63) is 89.5 Å². The van der Waals surface area contributed by atoms with Gasteiger partial charge < -0.3 is 19.1 Å². The summed E-state index contributed by atoms with van der Waals surface area (Å²) in [5.74, 6) is 0.0838. The maximum Gasteiger partial charge on any atom is 0.410 e. The summed E-state index contributed by atoms with van der Waals surface area (Å²) in [5.41, 5.74) is 2.78. The van der Waals surface area contributed by atoms with Crippen LogP contribution < -0.4 is 9.04 Å². The molecule has 0 radical (unpaired) electrons. The summed E-state index contributed by atoms with van der Waals surface area (Å²) in [6.45, 7) is 5.84. The van der Waals surface area contributed by atoms with Crippen molar-refractivity contribution in [2.24, 2.45) is 0 Å². The molecule has 0 aliphatic heterocycles. The third-order valence-corrected chi connectivity index (χ3v) is 7.99. The molecule has 0 aliphatic carbocycles. The Morgan fingerprint density at radius 2 is 1.66 bits per heavy atom. The molecule has 0 bridgehead atoms. The second kappa shape index (κ2) is 14.0. The van der Waals surface area contributed by atoms with Gasteiger partial charge in [-0.05, 0) is 68.7 Å². The Bertz CT molecular complexity index is 1440. The van der Waals surface area contributed by atoms with Gasteiger partial charge in [0.15, 0.2) is 0 Å². The van der Waals surface area contributed by atoms with Gasteiger partial charge in [0.2, 0.25) is 10.0 Å². The smallest absolute Gasteiger partial charge is 0.410 e. The minimum absolute atomic E-state index is 0.0976. The number of anilines is 1. The van der Waals surface area contributed by atoms with Crippen molar-refractivity contribution in [1.82, 2.24) is 4.90 Å². The first-order valence-electron chi connectivity index (χ1n) is 13.3. The number of nitrogens with zero attached hydrogens (tertiary/aromatic N) is 2. The van der Waals surface area contributed by atoms with Gasteiger partial charge in [0.05, 0.1) is 38.1 Å². The second-order valence-electron chi connectivity index (χ2n) is 9.81. The number of ether oxygens (including phenoxy) is 3. The van der Waals surface area contributed by atoms with E-state index in [1.54, 1.807) is 55.1 Å². The highest BCUT2D eigenvalue weighted by atomic mass is 32.2. The van der Waals surface area contributed by atoms with Gasteiger partial charge >= 0.3 is 12.1 Å². The average Bonchev–Trinajstić information content (AvgIpc) is 2.95. The summed E-state index contributed by atoms with van der Waals surface area (Å²) in [7, 11) is -0.746. The predicted molar refractivity (Wildman–Crippen MR) is 159 cm³/mol. The summed E-state index contributed by atoms with van der Waals surface area (Å²) in [6, 6.07) is 21.7. The van der Waals surface area contributed by atoms with Crippen molar-refractivity contribution >= 4 is 27.8 Å². The van der Waals surface area contributed by atoms with Crippen molar-refractivity contribution in [2.45, 2.75) is 45.7 Å². The van der Waals surface area contributed by atoms with Crippen LogP contribution in [0.25, 0.3) is 0 Å². The van der Waals surface area contributed by atoms with E-state index in [1.165, 1.54) is 14.2 Å². The van der Waals surface area contributed by atoms with Gasteiger partial charge in [-0.15, -0.1) is 0 Å². The Morgan fingerprint density at radius 1 is 0.951 bits per heavy atom. The third kappa shape index (κ3) is 8.47. The molecule has 0 aliphatic rings. The molecule has 0 heterocycles. The van der Waals surface area contributed by atoms with Gasteiger partial charge in [-0.3, -0.25) is 9.10 Å². The van der Waals surface area contributed by atoms with Crippen LogP contribution in [-0.2, 0) is 37.3 Å². The number of benzene rings is 3. The van der Waals surface area contributed by atoms with Crippen LogP contribution in [0.3, 0.4) is 0 Å². The molecular formula is C31H38N2O7S. The van der Waals surface area contributed by atoms with Crippen LogP contribution in [0.4, 0.5) is 10.5 Å². The van der Waals surface area contributed by atoms with Crippen molar-refractivity contribution in [3.8, 4) is 11.5 Å². The van der Waals surface area contributed by atoms with Gasteiger partial charge in [0, 0.05) is 18.7 Å². The standard InChI is InChI=1S/C31H38N2O7S/c1-7-39-30(34)23(3)25-14-11-15-28(20-25)40-29-17-16-27(32(4)41(6,36)37)19-26(29)21-33(31(35)38-5)22(2)18-24-12-9-8-10-13-24/h8-17,19-20,22-23H,7,18,21H2,1-6H3. The minimum atomic E-state index is -3.54. The highest BCUT2D eigenvalue weighted by Crippen LogP contribution is 2.33. The second-order valence-corrected chi connectivity index (χ2v) is 11.8. The first-order chi connectivity index (χ1) is 19.4. The SMILES string of the molecule is CCOC(=O)C(C)c1cccc(Oc2ccc(N(C)S(C)(=O)=O)cc2CN(C(=O)OC)C(C)Cc2ccccc2)c1. The van der Waals surface area contributed by atoms with E-state index >= 15 is 0 Å². The van der Waals surface area contributed by atoms with Gasteiger partial charge in [-0.1, -0.05) is 42.5 Å². The highest BCUT2D eigenvalue weighted by molar-refractivity contribution is 7.92. The summed E-state index contributed by atoms with van der Waals surface area (Å²) in [5, 5.41) is 0. The molecule has 1 amide bonds. The Hall–Kier alpha value is -4.05. The van der Waals surface area contributed by atoms with E-state index in [0.717, 1.165) is 21.7 Å². The number of esters is 1. The lowest BCUT2D eigenvalue weighted by atomic mass is 10.0.